The molecular weight excluding hydrogens is 446 g/mol. The van der Waals surface area contributed by atoms with Crippen LogP contribution in [0.5, 0.6) is 0 Å². The summed E-state index contributed by atoms with van der Waals surface area (Å²) in [7, 11) is -3.82. The van der Waals surface area contributed by atoms with E-state index in [1.807, 2.05) is 0 Å². The van der Waals surface area contributed by atoms with E-state index in [2.05, 4.69) is 15.4 Å². The summed E-state index contributed by atoms with van der Waals surface area (Å²) in [5, 5.41) is 6.08. The highest BCUT2D eigenvalue weighted by atomic mass is 35.5. The summed E-state index contributed by atoms with van der Waals surface area (Å²) >= 11 is 6.15. The molecule has 1 atom stereocenters. The van der Waals surface area contributed by atoms with Crippen LogP contribution in [0.2, 0.25) is 5.02 Å². The molecule has 1 amide bonds. The summed E-state index contributed by atoms with van der Waals surface area (Å²) in [6.07, 6.45) is 0.987. The molecule has 0 unspecified atom stereocenters. The highest BCUT2D eigenvalue weighted by Gasteiger charge is 2.24. The summed E-state index contributed by atoms with van der Waals surface area (Å²) in [4.78, 5) is 16.0. The molecule has 0 aliphatic heterocycles. The maximum atomic E-state index is 13.2. The number of nitrogens with zero attached hydrogens (tertiary/aromatic N) is 3. The lowest BCUT2D eigenvalue weighted by Gasteiger charge is -2.24. The summed E-state index contributed by atoms with van der Waals surface area (Å²) in [6.45, 7) is 1.57. The predicted molar refractivity (Wildman–Crippen MR) is 105 cm³/mol. The van der Waals surface area contributed by atoms with E-state index in [4.69, 9.17) is 20.5 Å². The number of nitrogens with one attached hydrogen (secondary N) is 1. The fourth-order valence-corrected chi connectivity index (χ4v) is 2.96. The first-order valence-electron chi connectivity index (χ1n) is 8.58. The molecule has 1 N–H and O–H groups in total. The average molecular weight is 467 g/mol. The second kappa shape index (κ2) is 9.23. The molecular formula is C17H21ClF2N4O5S. The molecule has 9 nitrogen and oxygen atoms in total. The van der Waals surface area contributed by atoms with Crippen molar-refractivity contribution in [3.05, 3.63) is 35.1 Å². The maximum Gasteiger partial charge on any atom is 0.408 e. The molecule has 166 valence electrons. The van der Waals surface area contributed by atoms with Crippen LogP contribution in [0, 0.1) is 0 Å². The molecule has 13 heteroatoms. The number of alkyl carbamates (subject to hydrolysis) is 1. The first-order chi connectivity index (χ1) is 13.8. The lowest BCUT2D eigenvalue weighted by molar-refractivity contribution is 0.0487. The highest BCUT2D eigenvalue weighted by molar-refractivity contribution is 7.85. The minimum Gasteiger partial charge on any atom is -0.444 e. The van der Waals surface area contributed by atoms with Gasteiger partial charge in [0.2, 0.25) is 0 Å². The minimum atomic E-state index is -3.82. The molecule has 1 heterocycles. The maximum absolute atomic E-state index is 13.2. The molecule has 2 rings (SSSR count). The lowest BCUT2D eigenvalue weighted by atomic mass is 10.0. The Balaban J connectivity index is 2.42. The molecule has 0 radical (unpaired) electrons. The quantitative estimate of drug-likeness (QED) is 0.621. The number of ether oxygens (including phenoxy) is 1. The number of hydrogen-bond donors (Lipinski definition) is 1. The van der Waals surface area contributed by atoms with Crippen LogP contribution in [0.3, 0.4) is 0 Å². The van der Waals surface area contributed by atoms with Crippen molar-refractivity contribution in [3.8, 4) is 11.4 Å². The molecule has 1 aromatic carbocycles. The number of aromatic nitrogens is 3. The van der Waals surface area contributed by atoms with Crippen molar-refractivity contribution < 1.29 is 30.9 Å². The van der Waals surface area contributed by atoms with E-state index in [9.17, 15) is 22.0 Å². The first kappa shape index (κ1) is 24.0. The van der Waals surface area contributed by atoms with Crippen molar-refractivity contribution in [2.45, 2.75) is 39.0 Å². The van der Waals surface area contributed by atoms with Crippen molar-refractivity contribution in [1.82, 2.24) is 20.1 Å². The second-order valence-corrected chi connectivity index (χ2v) is 9.28. The van der Waals surface area contributed by atoms with E-state index in [1.165, 1.54) is 18.2 Å². The Kier molecular flexibility index (Phi) is 7.37. The van der Waals surface area contributed by atoms with Crippen LogP contribution < -0.4 is 5.32 Å². The second-order valence-electron chi connectivity index (χ2n) is 7.23. The monoisotopic (exact) mass is 466 g/mol. The van der Waals surface area contributed by atoms with Gasteiger partial charge in [-0.25, -0.2) is 9.78 Å². The molecule has 0 aliphatic carbocycles. The molecule has 0 bridgehead atoms. The van der Waals surface area contributed by atoms with Gasteiger partial charge in [-0.05, 0) is 38.5 Å². The minimum absolute atomic E-state index is 0.105. The zero-order chi connectivity index (χ0) is 22.7. The largest absolute Gasteiger partial charge is 0.444 e. The third kappa shape index (κ3) is 6.89. The number of carbonyl (C=O) groups is 1. The summed E-state index contributed by atoms with van der Waals surface area (Å²) in [6, 6.07) is 3.29. The van der Waals surface area contributed by atoms with Crippen LogP contribution in [-0.2, 0) is 19.0 Å². The van der Waals surface area contributed by atoms with Gasteiger partial charge in [0.25, 0.3) is 10.1 Å². The van der Waals surface area contributed by atoms with Gasteiger partial charge in [0, 0.05) is 5.56 Å². The smallest absolute Gasteiger partial charge is 0.408 e. The van der Waals surface area contributed by atoms with Crippen LogP contribution in [0.1, 0.15) is 38.9 Å². The van der Waals surface area contributed by atoms with Crippen LogP contribution >= 0.6 is 11.6 Å². The first-order valence-corrected chi connectivity index (χ1v) is 10.8. The Morgan fingerprint density at radius 1 is 1.33 bits per heavy atom. The molecule has 2 aromatic rings. The fraction of sp³-hybridized carbons (Fsp3) is 0.471. The number of halogens is 3. The number of carbonyl (C=O) groups excluding carboxylic acids is 1. The van der Waals surface area contributed by atoms with Gasteiger partial charge in [0.15, 0.2) is 5.82 Å². The van der Waals surface area contributed by atoms with E-state index in [0.29, 0.717) is 10.2 Å². The topological polar surface area (TPSA) is 112 Å². The van der Waals surface area contributed by atoms with E-state index in [1.54, 1.807) is 20.8 Å². The van der Waals surface area contributed by atoms with Gasteiger partial charge >= 0.3 is 12.6 Å². The van der Waals surface area contributed by atoms with Crippen LogP contribution in [0.4, 0.5) is 13.6 Å². The molecule has 0 fully saturated rings. The van der Waals surface area contributed by atoms with Crippen molar-refractivity contribution >= 4 is 27.8 Å². The third-order valence-corrected chi connectivity index (χ3v) is 4.43. The highest BCUT2D eigenvalue weighted by Crippen LogP contribution is 2.31. The van der Waals surface area contributed by atoms with Gasteiger partial charge in [-0.1, -0.05) is 17.7 Å². The molecule has 0 aliphatic rings. The van der Waals surface area contributed by atoms with Crippen molar-refractivity contribution in [2.24, 2.45) is 0 Å². The third-order valence-electron chi connectivity index (χ3n) is 3.53. The summed E-state index contributed by atoms with van der Waals surface area (Å²) in [5.41, 5.74) is -0.361. The van der Waals surface area contributed by atoms with Gasteiger partial charge in [-0.2, -0.15) is 27.0 Å². The average Bonchev–Trinajstić information content (AvgIpc) is 3.06. The number of amides is 1. The zero-order valence-electron chi connectivity index (χ0n) is 16.6. The SMILES string of the molecule is CC(C)(C)OC(=O)N[C@H](COS(C)(=O)=O)c1ccc(Cl)c(-c2ncnn2C(F)F)c1. The van der Waals surface area contributed by atoms with E-state index >= 15 is 0 Å². The van der Waals surface area contributed by atoms with Crippen molar-refractivity contribution in [3.63, 3.8) is 0 Å². The standard InChI is InChI=1S/C17H21ClF2N4O5S/c1-17(2,3)29-16(25)23-13(8-28-30(4,26)27)10-5-6-12(18)11(7-10)14-21-9-22-24(14)15(19)20/h5-7,9,13,15H,8H2,1-4H3,(H,23,25)/t13-/m1/s1. The van der Waals surface area contributed by atoms with Crippen molar-refractivity contribution in [1.29, 1.82) is 0 Å². The van der Waals surface area contributed by atoms with Gasteiger partial charge in [0.1, 0.15) is 11.9 Å². The Hall–Kier alpha value is -2.31. The number of benzene rings is 1. The van der Waals surface area contributed by atoms with Gasteiger partial charge < -0.3 is 10.1 Å². The van der Waals surface area contributed by atoms with Gasteiger partial charge in [-0.15, -0.1) is 0 Å². The van der Waals surface area contributed by atoms with Crippen molar-refractivity contribution in [2.75, 3.05) is 12.9 Å². The van der Waals surface area contributed by atoms with Crippen LogP contribution in [0.15, 0.2) is 24.5 Å². The Morgan fingerprint density at radius 3 is 2.57 bits per heavy atom. The van der Waals surface area contributed by atoms with Crippen LogP contribution in [0.25, 0.3) is 11.4 Å². The molecule has 0 saturated heterocycles. The summed E-state index contributed by atoms with van der Waals surface area (Å²) < 4.78 is 59.6. The Labute approximate surface area is 177 Å². The van der Waals surface area contributed by atoms with Crippen LogP contribution in [-0.4, -0.2) is 47.7 Å². The number of hydrogen-bond acceptors (Lipinski definition) is 7. The molecule has 1 aromatic heterocycles. The number of alkyl halides is 2. The fourth-order valence-electron chi connectivity index (χ4n) is 2.38. The Bertz CT molecular complexity index is 1010. The van der Waals surface area contributed by atoms with E-state index in [-0.39, 0.29) is 16.4 Å². The predicted octanol–water partition coefficient (Wildman–Crippen LogP) is 3.54. The Morgan fingerprint density at radius 2 is 2.00 bits per heavy atom. The van der Waals surface area contributed by atoms with Gasteiger partial charge in [-0.3, -0.25) is 4.18 Å². The molecule has 30 heavy (non-hydrogen) atoms. The lowest BCUT2D eigenvalue weighted by Crippen LogP contribution is -2.37. The molecule has 0 saturated carbocycles. The van der Waals surface area contributed by atoms with Gasteiger partial charge in [0.05, 0.1) is 23.9 Å². The normalized spacial score (nSPS) is 13.3. The molecule has 0 spiro atoms. The zero-order valence-corrected chi connectivity index (χ0v) is 18.2. The van der Waals surface area contributed by atoms with E-state index < -0.39 is 41.0 Å². The van der Waals surface area contributed by atoms with E-state index in [0.717, 1.165) is 12.6 Å². The summed E-state index contributed by atoms with van der Waals surface area (Å²) in [5.74, 6) is -0.197. The number of rotatable bonds is 7.